The number of nitrogens with one attached hydrogen (secondary N) is 2. The molecule has 5 nitrogen and oxygen atoms in total. The summed E-state index contributed by atoms with van der Waals surface area (Å²) < 4.78 is 0. The van der Waals surface area contributed by atoms with Crippen LogP contribution in [-0.2, 0) is 9.59 Å². The van der Waals surface area contributed by atoms with Crippen LogP contribution in [0.15, 0.2) is 0 Å². The van der Waals surface area contributed by atoms with Crippen LogP contribution in [0.5, 0.6) is 0 Å². The molecular weight excluding hydrogens is 182 g/mol. The van der Waals surface area contributed by atoms with Gasteiger partial charge in [0.1, 0.15) is 6.04 Å². The monoisotopic (exact) mass is 197 g/mol. The lowest BCUT2D eigenvalue weighted by Gasteiger charge is -2.34. The zero-order valence-corrected chi connectivity index (χ0v) is 8.25. The van der Waals surface area contributed by atoms with Gasteiger partial charge in [-0.2, -0.15) is 0 Å². The van der Waals surface area contributed by atoms with Crippen molar-refractivity contribution in [1.82, 2.24) is 15.5 Å². The van der Waals surface area contributed by atoms with Crippen molar-refractivity contribution >= 4 is 11.8 Å². The van der Waals surface area contributed by atoms with E-state index in [1.165, 1.54) is 0 Å². The maximum absolute atomic E-state index is 11.7. The van der Waals surface area contributed by atoms with Crippen molar-refractivity contribution in [3.8, 4) is 0 Å². The summed E-state index contributed by atoms with van der Waals surface area (Å²) in [5, 5.41) is 5.83. The molecule has 2 fully saturated rings. The van der Waals surface area contributed by atoms with Crippen LogP contribution in [0.25, 0.3) is 0 Å². The van der Waals surface area contributed by atoms with Crippen LogP contribution in [0.2, 0.25) is 0 Å². The van der Waals surface area contributed by atoms with Gasteiger partial charge in [-0.15, -0.1) is 0 Å². The number of carbonyl (C=O) groups excluding carboxylic acids is 2. The van der Waals surface area contributed by atoms with Gasteiger partial charge in [-0.25, -0.2) is 0 Å². The van der Waals surface area contributed by atoms with Gasteiger partial charge in [-0.1, -0.05) is 0 Å². The summed E-state index contributed by atoms with van der Waals surface area (Å²) in [6.45, 7) is 3.69. The van der Waals surface area contributed by atoms with Gasteiger partial charge in [0.2, 0.25) is 11.8 Å². The molecule has 0 bridgehead atoms. The lowest BCUT2D eigenvalue weighted by atomic mass is 10.1. The third-order valence-electron chi connectivity index (χ3n) is 2.82. The molecule has 5 heteroatoms. The van der Waals surface area contributed by atoms with Gasteiger partial charge in [0.05, 0.1) is 6.54 Å². The molecule has 2 atom stereocenters. The Morgan fingerprint density at radius 3 is 2.86 bits per heavy atom. The molecule has 14 heavy (non-hydrogen) atoms. The van der Waals surface area contributed by atoms with Crippen LogP contribution >= 0.6 is 0 Å². The summed E-state index contributed by atoms with van der Waals surface area (Å²) >= 11 is 0. The first-order chi connectivity index (χ1) is 6.68. The van der Waals surface area contributed by atoms with Crippen LogP contribution in [-0.4, -0.2) is 48.4 Å². The quantitative estimate of drug-likeness (QED) is 0.549. The molecule has 78 valence electrons. The van der Waals surface area contributed by atoms with Crippen LogP contribution in [0.4, 0.5) is 0 Å². The number of nitrogens with zero attached hydrogens (tertiary/aromatic N) is 1. The Morgan fingerprint density at radius 2 is 2.21 bits per heavy atom. The zero-order chi connectivity index (χ0) is 10.1. The normalized spacial score (nSPS) is 33.4. The molecule has 2 rings (SSSR count). The van der Waals surface area contributed by atoms with Gasteiger partial charge in [0.15, 0.2) is 0 Å². The van der Waals surface area contributed by atoms with Crippen molar-refractivity contribution in [2.75, 3.05) is 19.6 Å². The van der Waals surface area contributed by atoms with Gasteiger partial charge in [0.25, 0.3) is 0 Å². The summed E-state index contributed by atoms with van der Waals surface area (Å²) in [6, 6.07) is -0.159. The van der Waals surface area contributed by atoms with E-state index in [0.29, 0.717) is 0 Å². The smallest absolute Gasteiger partial charge is 0.245 e. The maximum atomic E-state index is 11.7. The molecule has 2 heterocycles. The minimum Gasteiger partial charge on any atom is -0.343 e. The molecule has 2 N–H and O–H groups in total. The van der Waals surface area contributed by atoms with Crippen molar-refractivity contribution in [3.63, 3.8) is 0 Å². The highest BCUT2D eigenvalue weighted by atomic mass is 16.2. The Morgan fingerprint density at radius 1 is 1.43 bits per heavy atom. The minimum absolute atomic E-state index is 0.0401. The van der Waals surface area contributed by atoms with Gasteiger partial charge in [0, 0.05) is 12.6 Å². The molecule has 0 aromatic heterocycles. The molecule has 2 aliphatic rings. The predicted molar refractivity (Wildman–Crippen MR) is 50.6 cm³/mol. The van der Waals surface area contributed by atoms with E-state index in [1.807, 2.05) is 0 Å². The average Bonchev–Trinajstić information content (AvgIpc) is 2.63. The third-order valence-corrected chi connectivity index (χ3v) is 2.82. The predicted octanol–water partition coefficient (Wildman–Crippen LogP) is -1.30. The van der Waals surface area contributed by atoms with Crippen LogP contribution in [0.3, 0.4) is 0 Å². The van der Waals surface area contributed by atoms with Gasteiger partial charge >= 0.3 is 0 Å². The molecule has 0 aromatic rings. The number of carbonyl (C=O) groups is 2. The van der Waals surface area contributed by atoms with Crippen molar-refractivity contribution in [3.05, 3.63) is 0 Å². The second kappa shape index (κ2) is 3.57. The van der Waals surface area contributed by atoms with Crippen molar-refractivity contribution in [1.29, 1.82) is 0 Å². The SMILES string of the molecule is CC1NC(=O)CN(C2CCNC2)C1=O. The maximum Gasteiger partial charge on any atom is 0.245 e. The Labute approximate surface area is 82.8 Å². The summed E-state index contributed by atoms with van der Waals surface area (Å²) in [4.78, 5) is 24.7. The molecule has 0 aromatic carbocycles. The largest absolute Gasteiger partial charge is 0.343 e. The zero-order valence-electron chi connectivity index (χ0n) is 8.25. The molecule has 2 unspecified atom stereocenters. The Hall–Kier alpha value is -1.10. The topological polar surface area (TPSA) is 61.4 Å². The van der Waals surface area contributed by atoms with E-state index in [9.17, 15) is 9.59 Å². The lowest BCUT2D eigenvalue weighted by Crippen LogP contribution is -2.59. The highest BCUT2D eigenvalue weighted by molar-refractivity contribution is 5.94. The minimum atomic E-state index is -0.364. The first-order valence-corrected chi connectivity index (χ1v) is 4.99. The molecule has 0 saturated carbocycles. The van der Waals surface area contributed by atoms with E-state index < -0.39 is 0 Å². The number of piperazine rings is 1. The fourth-order valence-corrected chi connectivity index (χ4v) is 2.04. The fourth-order valence-electron chi connectivity index (χ4n) is 2.04. The summed E-state index contributed by atoms with van der Waals surface area (Å²) in [7, 11) is 0. The van der Waals surface area contributed by atoms with Crippen LogP contribution in [0.1, 0.15) is 13.3 Å². The van der Waals surface area contributed by atoms with Crippen LogP contribution in [0, 0.1) is 0 Å². The van der Waals surface area contributed by atoms with E-state index >= 15 is 0 Å². The molecular formula is C9H15N3O2. The van der Waals surface area contributed by atoms with Crippen LogP contribution < -0.4 is 10.6 Å². The van der Waals surface area contributed by atoms with Gasteiger partial charge in [-0.05, 0) is 19.9 Å². The second-order valence-corrected chi connectivity index (χ2v) is 3.90. The summed E-state index contributed by atoms with van der Waals surface area (Å²) in [5.41, 5.74) is 0. The van der Waals surface area contributed by atoms with Crippen molar-refractivity contribution in [2.24, 2.45) is 0 Å². The highest BCUT2D eigenvalue weighted by Crippen LogP contribution is 2.12. The summed E-state index contributed by atoms with van der Waals surface area (Å²) in [6.07, 6.45) is 0.950. The molecule has 0 aliphatic carbocycles. The standard InChI is InChI=1S/C9H15N3O2/c1-6-9(14)12(5-8(13)11-6)7-2-3-10-4-7/h6-7,10H,2-5H2,1H3,(H,11,13). The van der Waals surface area contributed by atoms with Gasteiger partial charge < -0.3 is 15.5 Å². The molecule has 0 spiro atoms. The molecule has 2 amide bonds. The highest BCUT2D eigenvalue weighted by Gasteiger charge is 2.35. The number of hydrogen-bond donors (Lipinski definition) is 2. The number of hydrogen-bond acceptors (Lipinski definition) is 3. The van der Waals surface area contributed by atoms with Gasteiger partial charge in [-0.3, -0.25) is 9.59 Å². The first-order valence-electron chi connectivity index (χ1n) is 4.99. The Kier molecular flexibility index (Phi) is 2.41. The third kappa shape index (κ3) is 1.59. The molecule has 2 aliphatic heterocycles. The van der Waals surface area contributed by atoms with E-state index in [-0.39, 0.29) is 30.4 Å². The van der Waals surface area contributed by atoms with E-state index in [1.54, 1.807) is 11.8 Å². The average molecular weight is 197 g/mol. The number of rotatable bonds is 1. The Balaban J connectivity index is 2.08. The Bertz CT molecular complexity index is 261. The van der Waals surface area contributed by atoms with Crippen molar-refractivity contribution in [2.45, 2.75) is 25.4 Å². The second-order valence-electron chi connectivity index (χ2n) is 3.90. The fraction of sp³-hybridized carbons (Fsp3) is 0.778. The molecule has 0 radical (unpaired) electrons. The lowest BCUT2D eigenvalue weighted by molar-refractivity contribution is -0.145. The number of amides is 2. The molecule has 2 saturated heterocycles. The van der Waals surface area contributed by atoms with E-state index in [2.05, 4.69) is 10.6 Å². The summed E-state index contributed by atoms with van der Waals surface area (Å²) in [5.74, 6) is -0.0118. The van der Waals surface area contributed by atoms with E-state index in [0.717, 1.165) is 19.5 Å². The van der Waals surface area contributed by atoms with Crippen molar-refractivity contribution < 1.29 is 9.59 Å². The first kappa shape index (κ1) is 9.45. The van der Waals surface area contributed by atoms with E-state index in [4.69, 9.17) is 0 Å².